The van der Waals surface area contributed by atoms with Gasteiger partial charge in [0.05, 0.1) is 13.2 Å². The van der Waals surface area contributed by atoms with E-state index in [9.17, 15) is 13.9 Å². The highest BCUT2D eigenvalue weighted by atomic mass is 19.1. The van der Waals surface area contributed by atoms with E-state index in [-0.39, 0.29) is 17.1 Å². The molecule has 0 fully saturated rings. The average Bonchev–Trinajstić information content (AvgIpc) is 2.19. The summed E-state index contributed by atoms with van der Waals surface area (Å²) in [5.74, 6) is -0.999. The number of rotatable bonds is 3. The van der Waals surface area contributed by atoms with Gasteiger partial charge in [-0.25, -0.2) is 8.78 Å². The predicted molar refractivity (Wildman–Crippen MR) is 47.5 cm³/mol. The highest BCUT2D eigenvalue weighted by molar-refractivity contribution is 5.47. The first kappa shape index (κ1) is 10.7. The SMILES string of the molecule is COc1cc(F)cc(C(N)CF)c1O. The third-order valence-electron chi connectivity index (χ3n) is 1.85. The predicted octanol–water partition coefficient (Wildman–Crippen LogP) is 1.51. The van der Waals surface area contributed by atoms with Crippen LogP contribution in [0.3, 0.4) is 0 Å². The zero-order chi connectivity index (χ0) is 10.7. The van der Waals surface area contributed by atoms with E-state index in [1.165, 1.54) is 7.11 Å². The zero-order valence-electron chi connectivity index (χ0n) is 7.63. The minimum atomic E-state index is -1.04. The number of hydrogen-bond acceptors (Lipinski definition) is 3. The van der Waals surface area contributed by atoms with E-state index >= 15 is 0 Å². The number of methoxy groups -OCH3 is 1. The molecular formula is C9H11F2NO2. The van der Waals surface area contributed by atoms with E-state index in [2.05, 4.69) is 0 Å². The number of nitrogens with two attached hydrogens (primary N) is 1. The van der Waals surface area contributed by atoms with Crippen molar-refractivity contribution in [2.24, 2.45) is 5.73 Å². The van der Waals surface area contributed by atoms with Gasteiger partial charge in [-0.05, 0) is 6.07 Å². The summed E-state index contributed by atoms with van der Waals surface area (Å²) in [7, 11) is 1.28. The third-order valence-corrected chi connectivity index (χ3v) is 1.85. The largest absolute Gasteiger partial charge is 0.504 e. The first-order valence-corrected chi connectivity index (χ1v) is 3.98. The van der Waals surface area contributed by atoms with Crippen LogP contribution in [-0.4, -0.2) is 18.9 Å². The van der Waals surface area contributed by atoms with Crippen LogP contribution in [0.5, 0.6) is 11.5 Å². The third kappa shape index (κ3) is 1.93. The van der Waals surface area contributed by atoms with Crippen molar-refractivity contribution >= 4 is 0 Å². The lowest BCUT2D eigenvalue weighted by atomic mass is 10.1. The van der Waals surface area contributed by atoms with Crippen LogP contribution in [0.4, 0.5) is 8.78 Å². The molecule has 78 valence electrons. The molecule has 1 aromatic rings. The van der Waals surface area contributed by atoms with E-state index in [1.54, 1.807) is 0 Å². The van der Waals surface area contributed by atoms with Crippen LogP contribution in [0.25, 0.3) is 0 Å². The standard InChI is InChI=1S/C9H11F2NO2/c1-14-8-3-5(11)2-6(9(8)13)7(12)4-10/h2-3,7,13H,4,12H2,1H3. The molecule has 0 radical (unpaired) electrons. The summed E-state index contributed by atoms with van der Waals surface area (Å²) in [6.45, 7) is -0.875. The Kier molecular flexibility index (Phi) is 3.24. The van der Waals surface area contributed by atoms with E-state index < -0.39 is 18.5 Å². The Morgan fingerprint density at radius 3 is 2.71 bits per heavy atom. The lowest BCUT2D eigenvalue weighted by Gasteiger charge is -2.12. The van der Waals surface area contributed by atoms with Crippen LogP contribution in [0, 0.1) is 5.82 Å². The van der Waals surface area contributed by atoms with Crippen LogP contribution < -0.4 is 10.5 Å². The second-order valence-corrected chi connectivity index (χ2v) is 2.81. The lowest BCUT2D eigenvalue weighted by Crippen LogP contribution is -2.13. The van der Waals surface area contributed by atoms with Gasteiger partial charge in [0.1, 0.15) is 12.5 Å². The summed E-state index contributed by atoms with van der Waals surface area (Å²) in [6.07, 6.45) is 0. The monoisotopic (exact) mass is 203 g/mol. The molecule has 0 aliphatic heterocycles. The molecule has 1 aromatic carbocycles. The molecule has 0 aromatic heterocycles. The normalized spacial score (nSPS) is 12.6. The highest BCUT2D eigenvalue weighted by Gasteiger charge is 2.16. The molecule has 14 heavy (non-hydrogen) atoms. The first-order chi connectivity index (χ1) is 6.60. The van der Waals surface area contributed by atoms with Crippen molar-refractivity contribution in [2.45, 2.75) is 6.04 Å². The van der Waals surface area contributed by atoms with Crippen LogP contribution in [-0.2, 0) is 0 Å². The quantitative estimate of drug-likeness (QED) is 0.782. The number of ether oxygens (including phenoxy) is 1. The number of phenols is 1. The van der Waals surface area contributed by atoms with Gasteiger partial charge in [-0.1, -0.05) is 0 Å². The molecule has 1 unspecified atom stereocenters. The fourth-order valence-electron chi connectivity index (χ4n) is 1.12. The molecule has 0 amide bonds. The van der Waals surface area contributed by atoms with Crippen molar-refractivity contribution in [2.75, 3.05) is 13.8 Å². The van der Waals surface area contributed by atoms with Gasteiger partial charge >= 0.3 is 0 Å². The number of alkyl halides is 1. The maximum Gasteiger partial charge on any atom is 0.163 e. The van der Waals surface area contributed by atoms with Gasteiger partial charge in [-0.3, -0.25) is 0 Å². The van der Waals surface area contributed by atoms with Crippen molar-refractivity contribution in [1.82, 2.24) is 0 Å². The van der Waals surface area contributed by atoms with E-state index in [0.717, 1.165) is 12.1 Å². The molecule has 0 heterocycles. The van der Waals surface area contributed by atoms with Gasteiger partial charge in [0.2, 0.25) is 0 Å². The van der Waals surface area contributed by atoms with E-state index in [4.69, 9.17) is 10.5 Å². The van der Waals surface area contributed by atoms with Gasteiger partial charge in [-0.2, -0.15) is 0 Å². The molecule has 0 aliphatic rings. The van der Waals surface area contributed by atoms with Gasteiger partial charge in [-0.15, -0.1) is 0 Å². The van der Waals surface area contributed by atoms with Crippen molar-refractivity contribution in [1.29, 1.82) is 0 Å². The zero-order valence-corrected chi connectivity index (χ0v) is 7.63. The van der Waals surface area contributed by atoms with Crippen molar-refractivity contribution in [3.63, 3.8) is 0 Å². The highest BCUT2D eigenvalue weighted by Crippen LogP contribution is 2.33. The molecule has 1 atom stereocenters. The summed E-state index contributed by atoms with van der Waals surface area (Å²) in [5, 5.41) is 9.48. The topological polar surface area (TPSA) is 55.5 Å². The Balaban J connectivity index is 3.21. The Morgan fingerprint density at radius 1 is 1.57 bits per heavy atom. The molecular weight excluding hydrogens is 192 g/mol. The molecule has 0 saturated carbocycles. The molecule has 3 N–H and O–H groups in total. The van der Waals surface area contributed by atoms with Gasteiger partial charge in [0, 0.05) is 11.6 Å². The van der Waals surface area contributed by atoms with E-state index in [1.807, 2.05) is 0 Å². The molecule has 0 spiro atoms. The number of aromatic hydroxyl groups is 1. The maximum absolute atomic E-state index is 12.9. The molecule has 0 bridgehead atoms. The summed E-state index contributed by atoms with van der Waals surface area (Å²) in [5.41, 5.74) is 5.33. The second kappa shape index (κ2) is 4.23. The minimum absolute atomic E-state index is 0.00403. The van der Waals surface area contributed by atoms with Gasteiger partial charge < -0.3 is 15.6 Å². The molecule has 1 rings (SSSR count). The van der Waals surface area contributed by atoms with Crippen molar-refractivity contribution in [3.05, 3.63) is 23.5 Å². The first-order valence-electron chi connectivity index (χ1n) is 3.98. The van der Waals surface area contributed by atoms with Gasteiger partial charge in [0.15, 0.2) is 11.5 Å². The van der Waals surface area contributed by atoms with Crippen LogP contribution >= 0.6 is 0 Å². The van der Waals surface area contributed by atoms with Crippen molar-refractivity contribution in [3.8, 4) is 11.5 Å². The second-order valence-electron chi connectivity index (χ2n) is 2.81. The van der Waals surface area contributed by atoms with Crippen LogP contribution in [0.1, 0.15) is 11.6 Å². The van der Waals surface area contributed by atoms with Gasteiger partial charge in [0.25, 0.3) is 0 Å². The Bertz CT molecular complexity index is 331. The molecule has 5 heteroatoms. The maximum atomic E-state index is 12.9. The fraction of sp³-hybridized carbons (Fsp3) is 0.333. The molecule has 0 saturated heterocycles. The summed E-state index contributed by atoms with van der Waals surface area (Å²) < 4.78 is 29.8. The number of halogens is 2. The summed E-state index contributed by atoms with van der Waals surface area (Å²) in [4.78, 5) is 0. The Labute approximate surface area is 80.1 Å². The molecule has 0 aliphatic carbocycles. The smallest absolute Gasteiger partial charge is 0.163 e. The van der Waals surface area contributed by atoms with E-state index in [0.29, 0.717) is 0 Å². The number of hydrogen-bond donors (Lipinski definition) is 2. The summed E-state index contributed by atoms with van der Waals surface area (Å²) >= 11 is 0. The number of benzene rings is 1. The Morgan fingerprint density at radius 2 is 2.21 bits per heavy atom. The summed E-state index contributed by atoms with van der Waals surface area (Å²) in [6, 6.07) is 0.950. The van der Waals surface area contributed by atoms with Crippen LogP contribution in [0.2, 0.25) is 0 Å². The average molecular weight is 203 g/mol. The molecule has 3 nitrogen and oxygen atoms in total. The fourth-order valence-corrected chi connectivity index (χ4v) is 1.12. The van der Waals surface area contributed by atoms with Crippen LogP contribution in [0.15, 0.2) is 12.1 Å². The number of phenolic OH excluding ortho intramolecular Hbond substituents is 1. The van der Waals surface area contributed by atoms with Crippen molar-refractivity contribution < 1.29 is 18.6 Å². The minimum Gasteiger partial charge on any atom is -0.504 e. The Hall–Kier alpha value is -1.36. The lowest BCUT2D eigenvalue weighted by molar-refractivity contribution is 0.358.